The maximum atomic E-state index is 12.7. The topological polar surface area (TPSA) is 144 Å². The number of nitrogens with two attached hydrogens (primary N) is 1. The van der Waals surface area contributed by atoms with Gasteiger partial charge in [0.2, 0.25) is 0 Å². The number of aliphatic hydroxyl groups excluding tert-OH is 1. The zero-order valence-corrected chi connectivity index (χ0v) is 20.5. The van der Waals surface area contributed by atoms with Crippen molar-refractivity contribution in [2.75, 3.05) is 25.4 Å². The maximum Gasteiger partial charge on any atom is 0.251 e. The Morgan fingerprint density at radius 1 is 1.22 bits per heavy atom. The Bertz CT molecular complexity index is 1300. The number of fused-ring (bicyclic) bond motifs is 1. The molecule has 0 bridgehead atoms. The van der Waals surface area contributed by atoms with Crippen molar-refractivity contribution in [2.45, 2.75) is 57.2 Å². The van der Waals surface area contributed by atoms with Gasteiger partial charge in [-0.15, -0.1) is 0 Å². The summed E-state index contributed by atoms with van der Waals surface area (Å²) in [6.45, 7) is 4.72. The molecular formula is C25H32N8O3. The SMILES string of the molecule is CC(=O)c1c(C2CCCN(C(=O)C(C)O)CC2)nc2c(C3C=CC(n4cccn4)NC3)cnn2c1N. The number of Topliss-reactive ketones (excluding diaryl/α,β-unsaturated/α-hetero) is 1. The van der Waals surface area contributed by atoms with Crippen LogP contribution in [0.2, 0.25) is 0 Å². The first-order chi connectivity index (χ1) is 17.3. The summed E-state index contributed by atoms with van der Waals surface area (Å²) in [6, 6.07) is 1.89. The number of hydrogen-bond donors (Lipinski definition) is 3. The van der Waals surface area contributed by atoms with Crippen LogP contribution in [-0.2, 0) is 4.79 Å². The summed E-state index contributed by atoms with van der Waals surface area (Å²) < 4.78 is 3.41. The molecule has 0 radical (unpaired) electrons. The van der Waals surface area contributed by atoms with E-state index in [9.17, 15) is 14.7 Å². The lowest BCUT2D eigenvalue weighted by molar-refractivity contribution is -0.139. The van der Waals surface area contributed by atoms with Gasteiger partial charge in [-0.2, -0.15) is 14.7 Å². The third-order valence-corrected chi connectivity index (χ3v) is 7.16. The van der Waals surface area contributed by atoms with Crippen molar-refractivity contribution >= 4 is 23.2 Å². The van der Waals surface area contributed by atoms with Crippen molar-refractivity contribution in [1.29, 1.82) is 0 Å². The quantitative estimate of drug-likeness (QED) is 0.360. The average molecular weight is 493 g/mol. The minimum absolute atomic E-state index is 0.0192. The Labute approximate surface area is 209 Å². The lowest BCUT2D eigenvalue weighted by atomic mass is 9.91. The van der Waals surface area contributed by atoms with E-state index < -0.39 is 6.10 Å². The highest BCUT2D eigenvalue weighted by atomic mass is 16.3. The zero-order valence-electron chi connectivity index (χ0n) is 20.5. The summed E-state index contributed by atoms with van der Waals surface area (Å²) in [5.41, 5.74) is 9.15. The second-order valence-corrected chi connectivity index (χ2v) is 9.61. The van der Waals surface area contributed by atoms with E-state index in [1.54, 1.807) is 21.8 Å². The van der Waals surface area contributed by atoms with E-state index in [0.717, 1.165) is 18.4 Å². The largest absolute Gasteiger partial charge is 0.384 e. The fourth-order valence-corrected chi connectivity index (χ4v) is 5.29. The molecular weight excluding hydrogens is 460 g/mol. The first-order valence-corrected chi connectivity index (χ1v) is 12.4. The number of anilines is 1. The summed E-state index contributed by atoms with van der Waals surface area (Å²) in [6.07, 6.45) is 10.7. The molecule has 1 amide bonds. The van der Waals surface area contributed by atoms with Gasteiger partial charge in [0.1, 0.15) is 18.1 Å². The van der Waals surface area contributed by atoms with Crippen LogP contribution in [0.1, 0.15) is 72.7 Å². The molecule has 3 aromatic heterocycles. The molecule has 36 heavy (non-hydrogen) atoms. The van der Waals surface area contributed by atoms with Crippen LogP contribution >= 0.6 is 0 Å². The first-order valence-electron chi connectivity index (χ1n) is 12.4. The zero-order chi connectivity index (χ0) is 25.4. The molecule has 11 heteroatoms. The third kappa shape index (κ3) is 4.40. The van der Waals surface area contributed by atoms with Crippen molar-refractivity contribution in [3.8, 4) is 0 Å². The highest BCUT2D eigenvalue weighted by Gasteiger charge is 2.30. The predicted molar refractivity (Wildman–Crippen MR) is 133 cm³/mol. The van der Waals surface area contributed by atoms with Gasteiger partial charge in [-0.25, -0.2) is 4.98 Å². The Hall–Kier alpha value is -3.57. The number of rotatable bonds is 5. The van der Waals surface area contributed by atoms with Crippen molar-refractivity contribution in [2.24, 2.45) is 0 Å². The molecule has 0 saturated carbocycles. The molecule has 0 aliphatic carbocycles. The molecule has 3 aromatic rings. The second-order valence-electron chi connectivity index (χ2n) is 9.61. The van der Waals surface area contributed by atoms with Gasteiger partial charge in [-0.1, -0.05) is 6.08 Å². The van der Waals surface area contributed by atoms with Gasteiger partial charge in [0.15, 0.2) is 11.4 Å². The molecule has 190 valence electrons. The normalized spacial score (nSPS) is 23.5. The first kappa shape index (κ1) is 24.1. The van der Waals surface area contributed by atoms with Crippen molar-refractivity contribution in [3.63, 3.8) is 0 Å². The van der Waals surface area contributed by atoms with Crippen LogP contribution in [0.5, 0.6) is 0 Å². The Morgan fingerprint density at radius 2 is 2.06 bits per heavy atom. The Balaban J connectivity index is 1.48. The number of nitrogen functional groups attached to an aromatic ring is 1. The standard InChI is InChI=1S/C25H32N8O3/c1-15(34)21-22(17-5-3-10-31(12-8-17)25(36)16(2)35)30-24-19(14-29-33(24)23(21)26)18-6-7-20(27-13-18)32-11-4-9-28-32/h4,6-7,9,11,14,16-18,20,27,35H,3,5,8,10,12-13,26H2,1-2H3. The highest BCUT2D eigenvalue weighted by Crippen LogP contribution is 2.34. The number of likely N-dealkylation sites (tertiary alicyclic amines) is 1. The van der Waals surface area contributed by atoms with Crippen molar-refractivity contribution in [1.82, 2.24) is 34.6 Å². The van der Waals surface area contributed by atoms with E-state index in [4.69, 9.17) is 10.7 Å². The van der Waals surface area contributed by atoms with Gasteiger partial charge in [0.25, 0.3) is 5.91 Å². The summed E-state index contributed by atoms with van der Waals surface area (Å²) in [5.74, 6) is -0.137. The molecule has 4 N–H and O–H groups in total. The van der Waals surface area contributed by atoms with E-state index >= 15 is 0 Å². The number of carbonyl (C=O) groups excluding carboxylic acids is 2. The predicted octanol–water partition coefficient (Wildman–Crippen LogP) is 1.63. The Kier molecular flexibility index (Phi) is 6.59. The van der Waals surface area contributed by atoms with Crippen LogP contribution in [-0.4, -0.2) is 71.8 Å². The van der Waals surface area contributed by atoms with Crippen molar-refractivity contribution in [3.05, 3.63) is 53.6 Å². The van der Waals surface area contributed by atoms with E-state index in [0.29, 0.717) is 43.0 Å². The minimum Gasteiger partial charge on any atom is -0.384 e. The molecule has 11 nitrogen and oxygen atoms in total. The number of aliphatic hydroxyl groups is 1. The lowest BCUT2D eigenvalue weighted by Gasteiger charge is -2.25. The molecule has 4 atom stereocenters. The molecule has 4 unspecified atom stereocenters. The fraction of sp³-hybridized carbons (Fsp3) is 0.480. The minimum atomic E-state index is -1.03. The number of nitrogens with zero attached hydrogens (tertiary/aromatic N) is 6. The van der Waals surface area contributed by atoms with Gasteiger partial charge >= 0.3 is 0 Å². The number of ketones is 1. The van der Waals surface area contributed by atoms with E-state index in [1.807, 2.05) is 16.9 Å². The molecule has 1 fully saturated rings. The molecule has 1 saturated heterocycles. The highest BCUT2D eigenvalue weighted by molar-refractivity contribution is 6.00. The molecule has 0 aromatic carbocycles. The van der Waals surface area contributed by atoms with Crippen LogP contribution in [0.15, 0.2) is 36.8 Å². The molecule has 2 aliphatic rings. The number of aromatic nitrogens is 5. The van der Waals surface area contributed by atoms with Gasteiger partial charge in [0.05, 0.1) is 17.5 Å². The van der Waals surface area contributed by atoms with Crippen LogP contribution in [0, 0.1) is 0 Å². The van der Waals surface area contributed by atoms with E-state index in [2.05, 4.69) is 27.7 Å². The van der Waals surface area contributed by atoms with Crippen LogP contribution in [0.25, 0.3) is 5.65 Å². The molecule has 2 aliphatic heterocycles. The van der Waals surface area contributed by atoms with Crippen LogP contribution in [0.3, 0.4) is 0 Å². The summed E-state index contributed by atoms with van der Waals surface area (Å²) >= 11 is 0. The number of carbonyl (C=O) groups is 2. The molecule has 5 rings (SSSR count). The summed E-state index contributed by atoms with van der Waals surface area (Å²) in [5, 5.41) is 22.0. The molecule has 5 heterocycles. The Morgan fingerprint density at radius 3 is 2.72 bits per heavy atom. The molecule has 0 spiro atoms. The maximum absolute atomic E-state index is 12.7. The lowest BCUT2D eigenvalue weighted by Crippen LogP contribution is -2.38. The van der Waals surface area contributed by atoms with Crippen LogP contribution < -0.4 is 11.1 Å². The van der Waals surface area contributed by atoms with E-state index in [-0.39, 0.29) is 35.5 Å². The van der Waals surface area contributed by atoms with Gasteiger partial charge in [-0.05, 0) is 45.3 Å². The van der Waals surface area contributed by atoms with E-state index in [1.165, 1.54) is 13.8 Å². The van der Waals surface area contributed by atoms with Crippen LogP contribution in [0.4, 0.5) is 5.82 Å². The second kappa shape index (κ2) is 9.82. The number of amides is 1. The monoisotopic (exact) mass is 492 g/mol. The summed E-state index contributed by atoms with van der Waals surface area (Å²) in [4.78, 5) is 31.7. The van der Waals surface area contributed by atoms with Gasteiger partial charge < -0.3 is 15.7 Å². The third-order valence-electron chi connectivity index (χ3n) is 7.16. The fourth-order valence-electron chi connectivity index (χ4n) is 5.29. The van der Waals surface area contributed by atoms with Crippen molar-refractivity contribution < 1.29 is 14.7 Å². The average Bonchev–Trinajstić information content (AvgIpc) is 3.49. The van der Waals surface area contributed by atoms with Gasteiger partial charge in [-0.3, -0.25) is 19.6 Å². The summed E-state index contributed by atoms with van der Waals surface area (Å²) in [7, 11) is 0. The number of hydrogen-bond acceptors (Lipinski definition) is 8. The smallest absolute Gasteiger partial charge is 0.251 e. The van der Waals surface area contributed by atoms with Gasteiger partial charge in [0, 0.05) is 49.4 Å². The number of nitrogens with one attached hydrogen (secondary N) is 1.